The molecule has 1 aromatic heterocycles. The van der Waals surface area contributed by atoms with E-state index in [4.69, 9.17) is 16.9 Å². The Hall–Kier alpha value is -1.05. The summed E-state index contributed by atoms with van der Waals surface area (Å²) in [6.45, 7) is 0. The van der Waals surface area contributed by atoms with Gasteiger partial charge >= 0.3 is 0 Å². The van der Waals surface area contributed by atoms with Crippen LogP contribution in [0.15, 0.2) is 0 Å². The van der Waals surface area contributed by atoms with E-state index in [9.17, 15) is 4.79 Å². The molecular weight excluding hydrogens is 232 g/mol. The van der Waals surface area contributed by atoms with Crippen LogP contribution >= 0.6 is 22.9 Å². The van der Waals surface area contributed by atoms with Crippen molar-refractivity contribution in [2.45, 2.75) is 19.3 Å². The van der Waals surface area contributed by atoms with E-state index in [-0.39, 0.29) is 11.8 Å². The van der Waals surface area contributed by atoms with Crippen LogP contribution in [0.4, 0.5) is 5.00 Å². The Morgan fingerprint density at radius 1 is 1.60 bits per heavy atom. The molecule has 0 fully saturated rings. The van der Waals surface area contributed by atoms with Gasteiger partial charge in [0.2, 0.25) is 5.91 Å². The van der Waals surface area contributed by atoms with Crippen molar-refractivity contribution < 1.29 is 4.79 Å². The summed E-state index contributed by atoms with van der Waals surface area (Å²) in [5.41, 5.74) is 1.75. The second kappa shape index (κ2) is 4.21. The minimum absolute atomic E-state index is 0.0760. The molecule has 1 aliphatic rings. The highest BCUT2D eigenvalue weighted by molar-refractivity contribution is 7.16. The van der Waals surface area contributed by atoms with Crippen molar-refractivity contribution in [3.8, 4) is 6.07 Å². The number of nitriles is 1. The summed E-state index contributed by atoms with van der Waals surface area (Å²) >= 11 is 6.91. The molecule has 1 aromatic rings. The molecule has 0 saturated heterocycles. The van der Waals surface area contributed by atoms with Gasteiger partial charge in [-0.05, 0) is 24.8 Å². The molecule has 78 valence electrons. The number of carbonyl (C=O) groups is 1. The SMILES string of the molecule is N#Cc1c(NC(=O)CCl)sc2c1CCC2. The van der Waals surface area contributed by atoms with Gasteiger partial charge in [0.25, 0.3) is 0 Å². The normalized spacial score (nSPS) is 13.3. The Morgan fingerprint density at radius 2 is 2.40 bits per heavy atom. The van der Waals surface area contributed by atoms with Crippen molar-refractivity contribution in [1.82, 2.24) is 0 Å². The molecule has 1 amide bonds. The third-order valence-corrected chi connectivity index (χ3v) is 3.86. The van der Waals surface area contributed by atoms with E-state index < -0.39 is 0 Å². The highest BCUT2D eigenvalue weighted by Gasteiger charge is 2.22. The van der Waals surface area contributed by atoms with Crippen LogP contribution in [0.3, 0.4) is 0 Å². The zero-order chi connectivity index (χ0) is 10.8. The lowest BCUT2D eigenvalue weighted by Gasteiger charge is -2.00. The van der Waals surface area contributed by atoms with Crippen molar-refractivity contribution in [3.05, 3.63) is 16.0 Å². The van der Waals surface area contributed by atoms with Crippen LogP contribution in [0.1, 0.15) is 22.4 Å². The van der Waals surface area contributed by atoms with Crippen molar-refractivity contribution in [1.29, 1.82) is 5.26 Å². The first-order chi connectivity index (χ1) is 7.26. The van der Waals surface area contributed by atoms with E-state index in [2.05, 4.69) is 11.4 Å². The molecule has 0 saturated carbocycles. The summed E-state index contributed by atoms with van der Waals surface area (Å²) < 4.78 is 0. The summed E-state index contributed by atoms with van der Waals surface area (Å²) in [6.07, 6.45) is 3.08. The van der Waals surface area contributed by atoms with Crippen molar-refractivity contribution >= 4 is 33.8 Å². The number of thiophene rings is 1. The summed E-state index contributed by atoms with van der Waals surface area (Å²) in [7, 11) is 0. The van der Waals surface area contributed by atoms with Crippen LogP contribution in [0, 0.1) is 11.3 Å². The zero-order valence-corrected chi connectivity index (χ0v) is 9.54. The van der Waals surface area contributed by atoms with Gasteiger partial charge in [-0.3, -0.25) is 4.79 Å². The average molecular weight is 241 g/mol. The maximum Gasteiger partial charge on any atom is 0.239 e. The van der Waals surface area contributed by atoms with Crippen molar-refractivity contribution in [2.24, 2.45) is 0 Å². The fraction of sp³-hybridized carbons (Fsp3) is 0.400. The Morgan fingerprint density at radius 3 is 3.07 bits per heavy atom. The third kappa shape index (κ3) is 1.85. The predicted molar refractivity (Wildman–Crippen MR) is 60.4 cm³/mol. The van der Waals surface area contributed by atoms with Gasteiger partial charge in [-0.25, -0.2) is 0 Å². The van der Waals surface area contributed by atoms with Crippen LogP contribution in [-0.4, -0.2) is 11.8 Å². The van der Waals surface area contributed by atoms with E-state index in [1.807, 2.05) is 0 Å². The molecule has 0 bridgehead atoms. The summed E-state index contributed by atoms with van der Waals surface area (Å²) in [5.74, 6) is -0.332. The lowest BCUT2D eigenvalue weighted by Crippen LogP contribution is -2.12. The second-order valence-corrected chi connectivity index (χ2v) is 4.73. The number of halogens is 1. The van der Waals surface area contributed by atoms with Crippen LogP contribution in [-0.2, 0) is 17.6 Å². The predicted octanol–water partition coefficient (Wildman–Crippen LogP) is 2.29. The topological polar surface area (TPSA) is 52.9 Å². The van der Waals surface area contributed by atoms with Gasteiger partial charge in [-0.15, -0.1) is 22.9 Å². The van der Waals surface area contributed by atoms with Crippen LogP contribution in [0.25, 0.3) is 0 Å². The summed E-state index contributed by atoms with van der Waals surface area (Å²) in [4.78, 5) is 12.4. The number of anilines is 1. The number of hydrogen-bond donors (Lipinski definition) is 1. The van der Waals surface area contributed by atoms with Crippen molar-refractivity contribution in [2.75, 3.05) is 11.2 Å². The molecule has 2 rings (SSSR count). The highest BCUT2D eigenvalue weighted by Crippen LogP contribution is 2.38. The monoisotopic (exact) mass is 240 g/mol. The number of nitrogens with zero attached hydrogens (tertiary/aromatic N) is 1. The fourth-order valence-electron chi connectivity index (χ4n) is 1.77. The third-order valence-electron chi connectivity index (χ3n) is 2.41. The molecule has 0 aromatic carbocycles. The molecule has 0 unspecified atom stereocenters. The number of nitrogens with one attached hydrogen (secondary N) is 1. The molecule has 0 spiro atoms. The molecule has 0 aliphatic heterocycles. The quantitative estimate of drug-likeness (QED) is 0.807. The Labute approximate surface area is 96.7 Å². The highest BCUT2D eigenvalue weighted by atomic mass is 35.5. The molecule has 3 nitrogen and oxygen atoms in total. The van der Waals surface area contributed by atoms with Gasteiger partial charge in [0.05, 0.1) is 5.56 Å². The smallest absolute Gasteiger partial charge is 0.239 e. The number of alkyl halides is 1. The molecular formula is C10H9ClN2OS. The van der Waals surface area contributed by atoms with E-state index in [0.717, 1.165) is 24.8 Å². The number of amides is 1. The van der Waals surface area contributed by atoms with E-state index >= 15 is 0 Å². The van der Waals surface area contributed by atoms with E-state index in [0.29, 0.717) is 10.6 Å². The maximum atomic E-state index is 11.1. The van der Waals surface area contributed by atoms with Gasteiger partial charge in [0.15, 0.2) is 0 Å². The number of aryl methyl sites for hydroxylation is 1. The maximum absolute atomic E-state index is 11.1. The van der Waals surface area contributed by atoms with Gasteiger partial charge in [-0.1, -0.05) is 0 Å². The first-order valence-corrected chi connectivity index (χ1v) is 6.01. The summed E-state index contributed by atoms with van der Waals surface area (Å²) in [5, 5.41) is 12.4. The van der Waals surface area contributed by atoms with Crippen LogP contribution in [0.5, 0.6) is 0 Å². The van der Waals surface area contributed by atoms with Gasteiger partial charge < -0.3 is 5.32 Å². The Bertz CT molecular complexity index is 447. The van der Waals surface area contributed by atoms with E-state index in [1.54, 1.807) is 0 Å². The Kier molecular flexibility index (Phi) is 2.94. The standard InChI is InChI=1S/C10H9ClN2OS/c11-4-9(14)13-10-7(5-12)6-2-1-3-8(6)15-10/h1-4H2,(H,13,14). The summed E-state index contributed by atoms with van der Waals surface area (Å²) in [6, 6.07) is 2.16. The number of hydrogen-bond acceptors (Lipinski definition) is 3. The molecule has 1 N–H and O–H groups in total. The number of fused-ring (bicyclic) bond motifs is 1. The van der Waals surface area contributed by atoms with Gasteiger partial charge in [-0.2, -0.15) is 5.26 Å². The number of carbonyl (C=O) groups excluding carboxylic acids is 1. The van der Waals surface area contributed by atoms with E-state index in [1.165, 1.54) is 16.2 Å². The largest absolute Gasteiger partial charge is 0.316 e. The average Bonchev–Trinajstić information content (AvgIpc) is 2.77. The first kappa shape index (κ1) is 10.5. The molecule has 5 heteroatoms. The molecule has 1 aliphatic carbocycles. The van der Waals surface area contributed by atoms with Gasteiger partial charge in [0, 0.05) is 4.88 Å². The molecule has 0 atom stereocenters. The van der Waals surface area contributed by atoms with Crippen molar-refractivity contribution in [3.63, 3.8) is 0 Å². The van der Waals surface area contributed by atoms with Gasteiger partial charge in [0.1, 0.15) is 17.0 Å². The molecule has 1 heterocycles. The zero-order valence-electron chi connectivity index (χ0n) is 7.97. The fourth-order valence-corrected chi connectivity index (χ4v) is 3.09. The van der Waals surface area contributed by atoms with Crippen LogP contribution < -0.4 is 5.32 Å². The Balaban J connectivity index is 2.33. The molecule has 0 radical (unpaired) electrons. The number of rotatable bonds is 2. The molecule has 15 heavy (non-hydrogen) atoms. The first-order valence-electron chi connectivity index (χ1n) is 4.66. The lowest BCUT2D eigenvalue weighted by molar-refractivity contribution is -0.113. The lowest BCUT2D eigenvalue weighted by atomic mass is 10.1. The van der Waals surface area contributed by atoms with Crippen LogP contribution in [0.2, 0.25) is 0 Å². The minimum atomic E-state index is -0.256. The second-order valence-electron chi connectivity index (χ2n) is 3.36. The minimum Gasteiger partial charge on any atom is -0.316 e.